The van der Waals surface area contributed by atoms with Crippen LogP contribution in [0.2, 0.25) is 0 Å². The molecule has 0 aromatic heterocycles. The number of hydrogen-bond donors (Lipinski definition) is 2. The molecule has 136 valence electrons. The fraction of sp³-hybridized carbons (Fsp3) is 0.812. The highest BCUT2D eigenvalue weighted by Gasteiger charge is 2.56. The molecule has 3 fully saturated rings. The number of nitrogens with one attached hydrogen (secondary N) is 2. The zero-order valence-electron chi connectivity index (χ0n) is 14.3. The molecular weight excluding hydrogens is 332 g/mol. The van der Waals surface area contributed by atoms with Gasteiger partial charge in [-0.25, -0.2) is 4.79 Å². The van der Waals surface area contributed by atoms with Crippen molar-refractivity contribution in [2.24, 2.45) is 5.92 Å². The third kappa shape index (κ3) is 3.37. The largest absolute Gasteiger partial charge is 0.337 e. The molecule has 3 aliphatic rings. The topological polar surface area (TPSA) is 81.8 Å². The maximum Gasteiger partial charge on any atom is 0.325 e. The molecule has 0 spiro atoms. The highest BCUT2D eigenvalue weighted by molar-refractivity contribution is 6.09. The Kier molecular flexibility index (Phi) is 5.75. The fourth-order valence-electron chi connectivity index (χ4n) is 3.68. The minimum absolute atomic E-state index is 0. The van der Waals surface area contributed by atoms with E-state index in [1.807, 2.05) is 11.8 Å². The first-order chi connectivity index (χ1) is 11.0. The summed E-state index contributed by atoms with van der Waals surface area (Å²) in [4.78, 5) is 40.4. The van der Waals surface area contributed by atoms with Gasteiger partial charge in [0.25, 0.3) is 5.91 Å². The number of halogens is 1. The van der Waals surface area contributed by atoms with Crippen LogP contribution in [0.1, 0.15) is 39.5 Å². The second-order valence-electron chi connectivity index (χ2n) is 7.03. The SMILES string of the molecule is CCCN(C(=O)CN1C(=O)NC(C)(C2CC2)C1=O)C1CCNC1.Cl. The summed E-state index contributed by atoms with van der Waals surface area (Å²) in [6.45, 7) is 6.01. The Morgan fingerprint density at radius 1 is 1.33 bits per heavy atom. The molecule has 2 aliphatic heterocycles. The lowest BCUT2D eigenvalue weighted by Crippen LogP contribution is -2.49. The van der Waals surface area contributed by atoms with E-state index in [1.165, 1.54) is 0 Å². The van der Waals surface area contributed by atoms with Crippen LogP contribution in [0, 0.1) is 5.92 Å². The van der Waals surface area contributed by atoms with E-state index in [0.29, 0.717) is 6.54 Å². The molecule has 0 bridgehead atoms. The lowest BCUT2D eigenvalue weighted by atomic mass is 9.96. The Bertz CT molecular complexity index is 519. The number of rotatable bonds is 6. The molecule has 3 rings (SSSR count). The number of nitrogens with zero attached hydrogens (tertiary/aromatic N) is 2. The highest BCUT2D eigenvalue weighted by Crippen LogP contribution is 2.42. The van der Waals surface area contributed by atoms with Crippen molar-refractivity contribution in [3.8, 4) is 0 Å². The molecule has 1 aliphatic carbocycles. The third-order valence-electron chi connectivity index (χ3n) is 5.25. The molecule has 0 aromatic rings. The summed E-state index contributed by atoms with van der Waals surface area (Å²) in [6, 6.07) is -0.267. The monoisotopic (exact) mass is 358 g/mol. The minimum Gasteiger partial charge on any atom is -0.337 e. The molecule has 24 heavy (non-hydrogen) atoms. The Morgan fingerprint density at radius 3 is 2.58 bits per heavy atom. The quantitative estimate of drug-likeness (QED) is 0.686. The van der Waals surface area contributed by atoms with Crippen LogP contribution in [-0.4, -0.2) is 65.4 Å². The molecule has 0 radical (unpaired) electrons. The maximum atomic E-state index is 12.7. The predicted octanol–water partition coefficient (Wildman–Crippen LogP) is 0.729. The van der Waals surface area contributed by atoms with Gasteiger partial charge >= 0.3 is 6.03 Å². The van der Waals surface area contributed by atoms with Gasteiger partial charge < -0.3 is 15.5 Å². The van der Waals surface area contributed by atoms with Gasteiger partial charge in [-0.2, -0.15) is 0 Å². The van der Waals surface area contributed by atoms with Crippen molar-refractivity contribution in [2.45, 2.75) is 51.1 Å². The van der Waals surface area contributed by atoms with Gasteiger partial charge in [0.05, 0.1) is 0 Å². The van der Waals surface area contributed by atoms with Crippen LogP contribution in [0.4, 0.5) is 4.79 Å². The third-order valence-corrected chi connectivity index (χ3v) is 5.25. The highest BCUT2D eigenvalue weighted by atomic mass is 35.5. The molecule has 4 amide bonds. The summed E-state index contributed by atoms with van der Waals surface area (Å²) in [5.41, 5.74) is -0.818. The van der Waals surface area contributed by atoms with Crippen LogP contribution < -0.4 is 10.6 Å². The van der Waals surface area contributed by atoms with Gasteiger partial charge in [0.15, 0.2) is 0 Å². The van der Waals surface area contributed by atoms with Crippen molar-refractivity contribution in [1.29, 1.82) is 0 Å². The first kappa shape index (κ1) is 19.0. The lowest BCUT2D eigenvalue weighted by Gasteiger charge is -2.29. The van der Waals surface area contributed by atoms with Gasteiger partial charge in [-0.15, -0.1) is 12.4 Å². The van der Waals surface area contributed by atoms with Crippen molar-refractivity contribution in [3.05, 3.63) is 0 Å². The molecule has 2 unspecified atom stereocenters. The van der Waals surface area contributed by atoms with Crippen molar-refractivity contribution < 1.29 is 14.4 Å². The lowest BCUT2D eigenvalue weighted by molar-refractivity contribution is -0.140. The zero-order chi connectivity index (χ0) is 16.6. The molecular formula is C16H27ClN4O3. The van der Waals surface area contributed by atoms with Crippen LogP contribution in [0.25, 0.3) is 0 Å². The van der Waals surface area contributed by atoms with Gasteiger partial charge in [0.1, 0.15) is 12.1 Å². The number of amides is 4. The number of imide groups is 1. The van der Waals surface area contributed by atoms with Crippen molar-refractivity contribution in [1.82, 2.24) is 20.4 Å². The molecule has 7 nitrogen and oxygen atoms in total. The molecule has 2 heterocycles. The molecule has 0 aromatic carbocycles. The van der Waals surface area contributed by atoms with Crippen LogP contribution in [0.3, 0.4) is 0 Å². The molecule has 2 N–H and O–H groups in total. The number of hydrogen-bond acceptors (Lipinski definition) is 4. The minimum atomic E-state index is -0.818. The Morgan fingerprint density at radius 2 is 2.04 bits per heavy atom. The van der Waals surface area contributed by atoms with Crippen LogP contribution in [-0.2, 0) is 9.59 Å². The van der Waals surface area contributed by atoms with Gasteiger partial charge in [0, 0.05) is 19.1 Å². The van der Waals surface area contributed by atoms with E-state index in [-0.39, 0.29) is 42.7 Å². The summed E-state index contributed by atoms with van der Waals surface area (Å²) < 4.78 is 0. The molecule has 1 saturated carbocycles. The summed E-state index contributed by atoms with van der Waals surface area (Å²) in [5, 5.41) is 6.05. The predicted molar refractivity (Wildman–Crippen MR) is 91.9 cm³/mol. The van der Waals surface area contributed by atoms with Gasteiger partial charge in [-0.05, 0) is 45.1 Å². The van der Waals surface area contributed by atoms with E-state index in [9.17, 15) is 14.4 Å². The van der Waals surface area contributed by atoms with Gasteiger partial charge in [-0.3, -0.25) is 14.5 Å². The second-order valence-corrected chi connectivity index (χ2v) is 7.03. The Labute approximate surface area is 148 Å². The van der Waals surface area contributed by atoms with Crippen molar-refractivity contribution >= 4 is 30.3 Å². The van der Waals surface area contributed by atoms with E-state index in [0.717, 1.165) is 43.7 Å². The standard InChI is InChI=1S/C16H26N4O3.ClH/c1-3-8-19(12-6-7-17-9-12)13(21)10-20-14(22)16(2,11-4-5-11)18-15(20)23;/h11-12,17H,3-10H2,1-2H3,(H,18,23);1H. The summed E-state index contributed by atoms with van der Waals surface area (Å²) in [5.74, 6) is -0.173. The van der Waals surface area contributed by atoms with E-state index in [2.05, 4.69) is 10.6 Å². The van der Waals surface area contributed by atoms with E-state index >= 15 is 0 Å². The summed E-state index contributed by atoms with van der Waals surface area (Å²) in [6.07, 6.45) is 3.70. The molecule has 2 atom stereocenters. The number of carbonyl (C=O) groups excluding carboxylic acids is 3. The zero-order valence-corrected chi connectivity index (χ0v) is 15.2. The van der Waals surface area contributed by atoms with Crippen molar-refractivity contribution in [2.75, 3.05) is 26.2 Å². The van der Waals surface area contributed by atoms with E-state index in [1.54, 1.807) is 6.92 Å². The first-order valence-corrected chi connectivity index (χ1v) is 8.61. The smallest absolute Gasteiger partial charge is 0.325 e. The van der Waals surface area contributed by atoms with Crippen LogP contribution in [0.15, 0.2) is 0 Å². The second kappa shape index (κ2) is 7.27. The summed E-state index contributed by atoms with van der Waals surface area (Å²) >= 11 is 0. The normalized spacial score (nSPS) is 29.4. The number of carbonyl (C=O) groups is 3. The van der Waals surface area contributed by atoms with Gasteiger partial charge in [0.2, 0.25) is 5.91 Å². The van der Waals surface area contributed by atoms with Crippen LogP contribution >= 0.6 is 12.4 Å². The van der Waals surface area contributed by atoms with E-state index < -0.39 is 11.6 Å². The van der Waals surface area contributed by atoms with E-state index in [4.69, 9.17) is 0 Å². The average molecular weight is 359 g/mol. The fourth-order valence-corrected chi connectivity index (χ4v) is 3.68. The molecule has 2 saturated heterocycles. The summed E-state index contributed by atoms with van der Waals surface area (Å²) in [7, 11) is 0. The Hall–Kier alpha value is -1.34. The average Bonchev–Trinajstić information content (AvgIpc) is 3.20. The van der Waals surface area contributed by atoms with Crippen molar-refractivity contribution in [3.63, 3.8) is 0 Å². The number of urea groups is 1. The first-order valence-electron chi connectivity index (χ1n) is 8.61. The maximum absolute atomic E-state index is 12.7. The van der Waals surface area contributed by atoms with Crippen LogP contribution in [0.5, 0.6) is 0 Å². The molecule has 8 heteroatoms. The Balaban J connectivity index is 0.00000208. The van der Waals surface area contributed by atoms with Gasteiger partial charge in [-0.1, -0.05) is 6.92 Å².